The van der Waals surface area contributed by atoms with Gasteiger partial charge in [-0.25, -0.2) is 20.5 Å². The number of aromatic nitrogens is 5. The third-order valence-electron chi connectivity index (χ3n) is 5.11. The molecule has 7 heteroatoms. The molecule has 5 aromatic heterocycles. The minimum Gasteiger partial charge on any atom is -0.434 e. The number of hydrogen-bond donors (Lipinski definition) is 0. The maximum atomic E-state index is 5.74. The summed E-state index contributed by atoms with van der Waals surface area (Å²) in [6.07, 6.45) is 6.93. The van der Waals surface area contributed by atoms with Crippen LogP contribution in [0, 0.1) is 12.1 Å². The third-order valence-corrected chi connectivity index (χ3v) is 5.11. The summed E-state index contributed by atoms with van der Waals surface area (Å²) in [5.41, 5.74) is 4.30. The zero-order chi connectivity index (χ0) is 21.3. The van der Waals surface area contributed by atoms with E-state index in [1.54, 1.807) is 30.9 Å². The van der Waals surface area contributed by atoms with Gasteiger partial charge in [-0.15, -0.1) is 6.20 Å². The molecule has 0 aliphatic heterocycles. The number of nitrogens with zero attached hydrogens (tertiary/aromatic N) is 5. The second-order valence-electron chi connectivity index (χ2n) is 7.09. The average Bonchev–Trinajstić information content (AvgIpc) is 3.19. The van der Waals surface area contributed by atoms with E-state index in [-0.39, 0.29) is 21.1 Å². The number of hydrogen-bond acceptors (Lipinski definition) is 5. The Morgan fingerprint density at radius 1 is 0.697 bits per heavy atom. The largest absolute Gasteiger partial charge is 2.00 e. The van der Waals surface area contributed by atoms with Gasteiger partial charge in [0.05, 0.1) is 0 Å². The monoisotopic (exact) mass is 608 g/mol. The van der Waals surface area contributed by atoms with Gasteiger partial charge < -0.3 is 14.3 Å². The SMILES string of the molecule is [Pt+2].[c-]1c(-c2[c-]c3c(nc2)c2ccccc2n3-c2ccccn2)ccnc1Oc1ccccn1. The molecule has 0 saturated heterocycles. The van der Waals surface area contributed by atoms with Gasteiger partial charge in [-0.2, -0.15) is 18.2 Å². The molecule has 33 heavy (non-hydrogen) atoms. The van der Waals surface area contributed by atoms with Gasteiger partial charge in [-0.3, -0.25) is 5.56 Å². The van der Waals surface area contributed by atoms with Crippen LogP contribution in [0.15, 0.2) is 91.5 Å². The van der Waals surface area contributed by atoms with Crippen molar-refractivity contribution in [2.75, 3.05) is 0 Å². The normalized spacial score (nSPS) is 10.8. The van der Waals surface area contributed by atoms with Gasteiger partial charge in [0, 0.05) is 29.5 Å². The maximum absolute atomic E-state index is 5.74. The topological polar surface area (TPSA) is 65.7 Å². The molecule has 0 radical (unpaired) electrons. The maximum Gasteiger partial charge on any atom is 2.00 e. The fraction of sp³-hybridized carbons (Fsp3) is 0. The van der Waals surface area contributed by atoms with Crippen molar-refractivity contribution in [1.82, 2.24) is 24.5 Å². The molecule has 6 aromatic rings. The standard InChI is InChI=1S/C26H15N5O.Pt/c1-2-8-21-20(7-1)26-22(31(21)23-9-3-5-12-27-23)15-19(17-30-26)18-11-14-29-25(16-18)32-24-10-4-6-13-28-24;/h1-14,17H;/q-2;+2. The number of benzene rings is 1. The van der Waals surface area contributed by atoms with Crippen molar-refractivity contribution >= 4 is 21.9 Å². The minimum absolute atomic E-state index is 0. The molecule has 0 aliphatic rings. The van der Waals surface area contributed by atoms with E-state index in [4.69, 9.17) is 9.72 Å². The van der Waals surface area contributed by atoms with Crippen molar-refractivity contribution < 1.29 is 25.8 Å². The van der Waals surface area contributed by atoms with Crippen LogP contribution in [-0.2, 0) is 21.1 Å². The zero-order valence-corrected chi connectivity index (χ0v) is 19.4. The second kappa shape index (κ2) is 8.92. The first kappa shape index (κ1) is 21.0. The Morgan fingerprint density at radius 2 is 1.52 bits per heavy atom. The van der Waals surface area contributed by atoms with Gasteiger partial charge in [-0.05, 0) is 41.4 Å². The van der Waals surface area contributed by atoms with Gasteiger partial charge in [-0.1, -0.05) is 30.3 Å². The minimum atomic E-state index is 0. The fourth-order valence-electron chi connectivity index (χ4n) is 3.70. The van der Waals surface area contributed by atoms with Crippen LogP contribution in [0.1, 0.15) is 0 Å². The van der Waals surface area contributed by atoms with Crippen molar-refractivity contribution in [3.8, 4) is 28.7 Å². The molecule has 5 heterocycles. The van der Waals surface area contributed by atoms with Crippen LogP contribution in [0.3, 0.4) is 0 Å². The Morgan fingerprint density at radius 3 is 2.33 bits per heavy atom. The van der Waals surface area contributed by atoms with E-state index in [1.165, 1.54) is 0 Å². The van der Waals surface area contributed by atoms with Gasteiger partial charge in [0.2, 0.25) is 5.88 Å². The van der Waals surface area contributed by atoms with E-state index < -0.39 is 0 Å². The second-order valence-corrected chi connectivity index (χ2v) is 7.09. The molecule has 0 aliphatic carbocycles. The molecule has 0 unspecified atom stereocenters. The molecule has 0 amide bonds. The first-order valence-corrected chi connectivity index (χ1v) is 10.1. The zero-order valence-electron chi connectivity index (χ0n) is 17.1. The van der Waals surface area contributed by atoms with E-state index in [9.17, 15) is 0 Å². The summed E-state index contributed by atoms with van der Waals surface area (Å²) in [6.45, 7) is 0. The van der Waals surface area contributed by atoms with Crippen molar-refractivity contribution in [3.05, 3.63) is 104 Å². The number of para-hydroxylation sites is 1. The molecule has 0 spiro atoms. The van der Waals surface area contributed by atoms with Crippen LogP contribution in [-0.4, -0.2) is 24.5 Å². The van der Waals surface area contributed by atoms with E-state index in [0.29, 0.717) is 11.8 Å². The molecule has 1 aromatic carbocycles. The molecule has 160 valence electrons. The first-order chi connectivity index (χ1) is 15.9. The molecule has 0 atom stereocenters. The average molecular weight is 609 g/mol. The van der Waals surface area contributed by atoms with Gasteiger partial charge in [0.25, 0.3) is 0 Å². The van der Waals surface area contributed by atoms with Crippen molar-refractivity contribution in [1.29, 1.82) is 0 Å². The van der Waals surface area contributed by atoms with Crippen LogP contribution < -0.4 is 4.74 Å². The molecule has 0 N–H and O–H groups in total. The van der Waals surface area contributed by atoms with Crippen LogP contribution >= 0.6 is 0 Å². The molecular weight excluding hydrogens is 593 g/mol. The Balaban J connectivity index is 0.00000228. The summed E-state index contributed by atoms with van der Waals surface area (Å²) in [5, 5.41) is 1.05. The van der Waals surface area contributed by atoms with E-state index in [0.717, 1.165) is 38.9 Å². The Hall–Kier alpha value is -3.89. The quantitative estimate of drug-likeness (QED) is 0.250. The summed E-state index contributed by atoms with van der Waals surface area (Å²) < 4.78 is 7.82. The predicted molar refractivity (Wildman–Crippen MR) is 122 cm³/mol. The van der Waals surface area contributed by atoms with Crippen molar-refractivity contribution in [2.24, 2.45) is 0 Å². The number of pyridine rings is 4. The Labute approximate surface area is 204 Å². The van der Waals surface area contributed by atoms with Crippen molar-refractivity contribution in [2.45, 2.75) is 0 Å². The fourth-order valence-corrected chi connectivity index (χ4v) is 3.70. The van der Waals surface area contributed by atoms with Gasteiger partial charge in [0.15, 0.2) is 0 Å². The van der Waals surface area contributed by atoms with Crippen molar-refractivity contribution in [3.63, 3.8) is 0 Å². The van der Waals surface area contributed by atoms with Crippen LogP contribution in [0.2, 0.25) is 0 Å². The van der Waals surface area contributed by atoms with E-state index >= 15 is 0 Å². The molecule has 6 rings (SSSR count). The summed E-state index contributed by atoms with van der Waals surface area (Å²) >= 11 is 0. The molecule has 0 bridgehead atoms. The van der Waals surface area contributed by atoms with Crippen LogP contribution in [0.5, 0.6) is 11.8 Å². The summed E-state index contributed by atoms with van der Waals surface area (Å²) in [4.78, 5) is 17.8. The molecule has 0 fully saturated rings. The number of fused-ring (bicyclic) bond motifs is 3. The molecular formula is C26H15N5OPt. The number of rotatable bonds is 4. The smallest absolute Gasteiger partial charge is 0.434 e. The molecule has 6 nitrogen and oxygen atoms in total. The van der Waals surface area contributed by atoms with E-state index in [1.807, 2.05) is 48.5 Å². The summed E-state index contributed by atoms with van der Waals surface area (Å²) in [7, 11) is 0. The Kier molecular flexibility index (Phi) is 5.67. The van der Waals surface area contributed by atoms with Gasteiger partial charge >= 0.3 is 21.1 Å². The van der Waals surface area contributed by atoms with Crippen LogP contribution in [0.25, 0.3) is 38.9 Å². The summed E-state index contributed by atoms with van der Waals surface area (Å²) in [5.74, 6) is 1.60. The van der Waals surface area contributed by atoms with Crippen LogP contribution in [0.4, 0.5) is 0 Å². The molecule has 0 saturated carbocycles. The number of ether oxygens (including phenoxy) is 1. The summed E-state index contributed by atoms with van der Waals surface area (Å²) in [6, 6.07) is 28.0. The first-order valence-electron chi connectivity index (χ1n) is 10.1. The predicted octanol–water partition coefficient (Wildman–Crippen LogP) is 5.42. The van der Waals surface area contributed by atoms with Gasteiger partial charge in [0.1, 0.15) is 11.7 Å². The van der Waals surface area contributed by atoms with E-state index in [2.05, 4.69) is 43.8 Å². The third kappa shape index (κ3) is 3.90. The Bertz CT molecular complexity index is 1550.